The molecule has 2 aromatic carbocycles. The molecule has 14 rings (SSSR count). The molecule has 0 radical (unpaired) electrons. The van der Waals surface area contributed by atoms with Gasteiger partial charge in [0.2, 0.25) is 10.0 Å². The van der Waals surface area contributed by atoms with Crippen molar-refractivity contribution in [3.63, 3.8) is 0 Å². The second kappa shape index (κ2) is 17.6. The number of rotatable bonds is 9. The number of nitrogens with one attached hydrogen (secondary N) is 3. The average Bonchev–Trinajstić information content (AvgIpc) is 3.27. The lowest BCUT2D eigenvalue weighted by atomic mass is 9.49. The molecule has 336 valence electrons. The van der Waals surface area contributed by atoms with Gasteiger partial charge in [0.05, 0.1) is 27.7 Å². The van der Waals surface area contributed by atoms with Crippen LogP contribution in [0, 0.1) is 46.3 Å². The number of aromatic nitrogens is 4. The molecule has 8 bridgehead atoms. The molecule has 0 saturated heterocycles. The number of anilines is 2. The molecule has 15 heteroatoms. The summed E-state index contributed by atoms with van der Waals surface area (Å²) in [5, 5.41) is 10.8. The molecule has 8 saturated carbocycles. The van der Waals surface area contributed by atoms with E-state index in [1.165, 1.54) is 100 Å². The fourth-order valence-electron chi connectivity index (χ4n) is 14.0. The average molecular weight is 914 g/mol. The van der Waals surface area contributed by atoms with Gasteiger partial charge in [-0.1, -0.05) is 36.4 Å². The Labute approximate surface area is 377 Å². The van der Waals surface area contributed by atoms with Gasteiger partial charge in [-0.05, 0) is 167 Å². The maximum absolute atomic E-state index is 13.0. The van der Waals surface area contributed by atoms with Gasteiger partial charge in [0.1, 0.15) is 24.3 Å². The second-order valence-electron chi connectivity index (χ2n) is 20.4. The first kappa shape index (κ1) is 43.2. The highest BCUT2D eigenvalue weighted by Crippen LogP contribution is 2.61. The van der Waals surface area contributed by atoms with E-state index in [1.807, 2.05) is 6.07 Å². The van der Waals surface area contributed by atoms with Gasteiger partial charge in [-0.25, -0.2) is 36.8 Å². The van der Waals surface area contributed by atoms with Gasteiger partial charge in [-0.15, -0.1) is 0 Å². The van der Waals surface area contributed by atoms with Gasteiger partial charge in [0, 0.05) is 48.0 Å². The number of halogens is 1. The minimum absolute atomic E-state index is 0.136. The zero-order chi connectivity index (χ0) is 43.2. The Kier molecular flexibility index (Phi) is 12.1. The third-order valence-electron chi connectivity index (χ3n) is 15.8. The van der Waals surface area contributed by atoms with Crippen LogP contribution in [0.1, 0.15) is 99.6 Å². The number of fused-ring (bicyclic) bond motifs is 2. The van der Waals surface area contributed by atoms with Crippen LogP contribution in [0.2, 0.25) is 0 Å². The summed E-state index contributed by atoms with van der Waals surface area (Å²) in [5.41, 5.74) is 5.46. The van der Waals surface area contributed by atoms with Gasteiger partial charge in [-0.3, -0.25) is 0 Å². The maximum atomic E-state index is 13.0. The van der Waals surface area contributed by atoms with Crippen molar-refractivity contribution < 1.29 is 16.8 Å². The third-order valence-corrected chi connectivity index (χ3v) is 19.1. The summed E-state index contributed by atoms with van der Waals surface area (Å²) in [6.45, 7) is 4.83. The van der Waals surface area contributed by atoms with E-state index >= 15 is 0 Å². The molecule has 0 unspecified atom stereocenters. The molecule has 10 aliphatic rings. The van der Waals surface area contributed by atoms with E-state index in [4.69, 9.17) is 10.7 Å². The van der Waals surface area contributed by atoms with Crippen LogP contribution in [0.25, 0.3) is 0 Å². The molecule has 0 spiro atoms. The summed E-state index contributed by atoms with van der Waals surface area (Å²) in [4.78, 5) is 18.5. The quantitative estimate of drug-likeness (QED) is 0.139. The lowest BCUT2D eigenvalue weighted by molar-refractivity contribution is -0.0446. The van der Waals surface area contributed by atoms with Crippen molar-refractivity contribution in [3.05, 3.63) is 95.8 Å². The second-order valence-corrected chi connectivity index (χ2v) is 24.9. The van der Waals surface area contributed by atoms with E-state index in [2.05, 4.69) is 35.9 Å². The summed E-state index contributed by atoms with van der Waals surface area (Å²) in [7, 11) is -2.01. The van der Waals surface area contributed by atoms with Crippen molar-refractivity contribution in [2.24, 2.45) is 46.3 Å². The minimum atomic E-state index is -3.53. The highest BCUT2D eigenvalue weighted by Gasteiger charge is 2.52. The summed E-state index contributed by atoms with van der Waals surface area (Å²) >= 11 is 0. The first-order chi connectivity index (χ1) is 30.4. The number of hydrogen-bond donors (Lipinski definition) is 3. The minimum Gasteiger partial charge on any atom is -0.369 e. The number of hydrogen-bond acceptors (Lipinski definition) is 11. The van der Waals surface area contributed by atoms with E-state index in [0.29, 0.717) is 35.2 Å². The monoisotopic (exact) mass is 912 g/mol. The SMILES string of the molecule is O=S(=O)(Cl)c1ccccc1.O=S(=O)(c1ccccc1)N1CCc2c(ncnc2NCC23CC4CC(CC(C4)C2)C3)C1.c1nc2c(c(NCC34CC5CC(CC(C5)C3)C4)n1)CCNC2. The molecular formula is C48H61ClN8O4S2. The van der Waals surface area contributed by atoms with Crippen molar-refractivity contribution in [1.82, 2.24) is 29.6 Å². The van der Waals surface area contributed by atoms with Crippen molar-refractivity contribution in [2.75, 3.05) is 36.8 Å². The standard InChI is InChI=1S/C24H30N4O2S.C18H26N4.C6H5ClO2S/c29-31(30,20-4-2-1-3-5-20)28-7-6-21-22(14-28)26-16-27-23(21)25-15-24-11-17-8-18(12-24)10-19(9-17)13-24;1-2-19-9-16-15(1)17(22-11-21-16)20-10-18-6-12-3-13(7-18)5-14(4-12)8-18;7-10(8,9)6-4-2-1-3-5-6/h1-5,16-19H,6-15H2,(H,25,26,27);11-14,19H,1-10H2,(H,20,21,22);1-5H. The van der Waals surface area contributed by atoms with Crippen molar-refractivity contribution in [2.45, 2.75) is 113 Å². The van der Waals surface area contributed by atoms with Crippen LogP contribution in [0.15, 0.2) is 83.1 Å². The van der Waals surface area contributed by atoms with E-state index in [1.54, 1.807) is 59.4 Å². The van der Waals surface area contributed by atoms with Crippen molar-refractivity contribution in [1.29, 1.82) is 0 Å². The Morgan fingerprint density at radius 3 is 1.51 bits per heavy atom. The van der Waals surface area contributed by atoms with Crippen molar-refractivity contribution in [3.8, 4) is 0 Å². The maximum Gasteiger partial charge on any atom is 0.261 e. The topological polar surface area (TPSA) is 159 Å². The molecule has 4 heterocycles. The molecule has 2 aromatic heterocycles. The fraction of sp³-hybridized carbons (Fsp3) is 0.583. The Bertz CT molecular complexity index is 2420. The highest BCUT2D eigenvalue weighted by atomic mass is 35.7. The molecular weight excluding hydrogens is 852 g/mol. The van der Waals surface area contributed by atoms with Crippen LogP contribution in [0.3, 0.4) is 0 Å². The molecule has 63 heavy (non-hydrogen) atoms. The molecule has 8 aliphatic carbocycles. The van der Waals surface area contributed by atoms with Crippen LogP contribution < -0.4 is 16.0 Å². The summed E-state index contributed by atoms with van der Waals surface area (Å²) in [6.07, 6.45) is 22.4. The van der Waals surface area contributed by atoms with Crippen LogP contribution >= 0.6 is 10.7 Å². The van der Waals surface area contributed by atoms with Gasteiger partial charge >= 0.3 is 0 Å². The fourth-order valence-corrected chi connectivity index (χ4v) is 16.2. The molecule has 0 atom stereocenters. The number of sulfonamides is 1. The summed E-state index contributed by atoms with van der Waals surface area (Å²) in [6, 6.07) is 16.5. The molecule has 2 aliphatic heterocycles. The predicted molar refractivity (Wildman–Crippen MR) is 245 cm³/mol. The molecule has 4 aromatic rings. The first-order valence-electron chi connectivity index (χ1n) is 23.3. The molecule has 12 nitrogen and oxygen atoms in total. The normalized spacial score (nSPS) is 31.1. The molecule has 0 amide bonds. The third kappa shape index (κ3) is 9.39. The Hall–Kier alpha value is -3.69. The zero-order valence-electron chi connectivity index (χ0n) is 36.1. The van der Waals surface area contributed by atoms with Gasteiger partial charge in [0.15, 0.2) is 0 Å². The molecule has 8 fully saturated rings. The highest BCUT2D eigenvalue weighted by molar-refractivity contribution is 8.13. The Balaban J connectivity index is 0.000000127. The number of benzene rings is 2. The summed E-state index contributed by atoms with van der Waals surface area (Å²) < 4.78 is 48.8. The van der Waals surface area contributed by atoms with E-state index < -0.39 is 19.1 Å². The van der Waals surface area contributed by atoms with E-state index in [-0.39, 0.29) is 4.90 Å². The largest absolute Gasteiger partial charge is 0.369 e. The lowest BCUT2D eigenvalue weighted by Crippen LogP contribution is -2.49. The lowest BCUT2D eigenvalue weighted by Gasteiger charge is -2.57. The van der Waals surface area contributed by atoms with E-state index in [9.17, 15) is 16.8 Å². The van der Waals surface area contributed by atoms with E-state index in [0.717, 1.165) is 91.0 Å². The molecule has 3 N–H and O–H groups in total. The smallest absolute Gasteiger partial charge is 0.261 e. The first-order valence-corrected chi connectivity index (χ1v) is 27.0. The number of nitrogens with zero attached hydrogens (tertiary/aromatic N) is 5. The van der Waals surface area contributed by atoms with Gasteiger partial charge < -0.3 is 16.0 Å². The Morgan fingerprint density at radius 1 is 0.603 bits per heavy atom. The summed E-state index contributed by atoms with van der Waals surface area (Å²) in [5.74, 6) is 7.90. The van der Waals surface area contributed by atoms with Crippen molar-refractivity contribution >= 4 is 41.4 Å². The zero-order valence-corrected chi connectivity index (χ0v) is 38.5. The Morgan fingerprint density at radius 2 is 1.05 bits per heavy atom. The predicted octanol–water partition coefficient (Wildman–Crippen LogP) is 8.22. The van der Waals surface area contributed by atoms with Crippen LogP contribution in [0.5, 0.6) is 0 Å². The van der Waals surface area contributed by atoms with Crippen LogP contribution in [-0.2, 0) is 45.0 Å². The van der Waals surface area contributed by atoms with Gasteiger partial charge in [0.25, 0.3) is 9.05 Å². The van der Waals surface area contributed by atoms with Crippen LogP contribution in [0.4, 0.5) is 11.6 Å². The van der Waals surface area contributed by atoms with Gasteiger partial charge in [-0.2, -0.15) is 4.31 Å². The van der Waals surface area contributed by atoms with Crippen LogP contribution in [-0.4, -0.2) is 67.3 Å².